The molecule has 0 fully saturated rings. The lowest BCUT2D eigenvalue weighted by atomic mass is 10.2. The van der Waals surface area contributed by atoms with Crippen LogP contribution in [0, 0.1) is 0 Å². The maximum absolute atomic E-state index is 11.3. The second-order valence-corrected chi connectivity index (χ2v) is 3.90. The Kier molecular flexibility index (Phi) is 5.22. The standard InChI is InChI=1S/C10H16N2OS/c1-2-3-6-11-10(13)5-4-9-7-14-8-12-9/h7-8H,2-6H2,1H3,(H,11,13). The van der Waals surface area contributed by atoms with E-state index in [1.165, 1.54) is 0 Å². The molecule has 0 radical (unpaired) electrons. The number of nitrogens with zero attached hydrogens (tertiary/aromatic N) is 1. The molecule has 1 heterocycles. The van der Waals surface area contributed by atoms with Crippen molar-refractivity contribution < 1.29 is 4.79 Å². The Labute approximate surface area is 88.6 Å². The van der Waals surface area contributed by atoms with Gasteiger partial charge in [-0.25, -0.2) is 4.98 Å². The molecule has 0 aliphatic carbocycles. The summed E-state index contributed by atoms with van der Waals surface area (Å²) >= 11 is 1.57. The fourth-order valence-corrected chi connectivity index (χ4v) is 1.69. The highest BCUT2D eigenvalue weighted by Gasteiger charge is 2.01. The summed E-state index contributed by atoms with van der Waals surface area (Å²) < 4.78 is 0. The molecule has 1 aromatic heterocycles. The van der Waals surface area contributed by atoms with Crippen molar-refractivity contribution in [3.63, 3.8) is 0 Å². The molecule has 14 heavy (non-hydrogen) atoms. The fraction of sp³-hybridized carbons (Fsp3) is 0.600. The van der Waals surface area contributed by atoms with Crippen LogP contribution in [0.25, 0.3) is 0 Å². The number of aryl methyl sites for hydroxylation is 1. The summed E-state index contributed by atoms with van der Waals surface area (Å²) in [5.74, 6) is 0.131. The Morgan fingerprint density at radius 2 is 2.50 bits per heavy atom. The van der Waals surface area contributed by atoms with Crippen LogP contribution in [0.2, 0.25) is 0 Å². The molecule has 0 aliphatic heterocycles. The molecule has 0 spiro atoms. The molecular formula is C10H16N2OS. The van der Waals surface area contributed by atoms with Crippen molar-refractivity contribution in [3.8, 4) is 0 Å². The number of rotatable bonds is 6. The number of aromatic nitrogens is 1. The minimum Gasteiger partial charge on any atom is -0.356 e. The molecule has 0 aromatic carbocycles. The van der Waals surface area contributed by atoms with Gasteiger partial charge in [0.1, 0.15) is 0 Å². The van der Waals surface area contributed by atoms with Gasteiger partial charge in [0.05, 0.1) is 11.2 Å². The zero-order valence-corrected chi connectivity index (χ0v) is 9.27. The quantitative estimate of drug-likeness (QED) is 0.733. The lowest BCUT2D eigenvalue weighted by Crippen LogP contribution is -2.24. The fourth-order valence-electron chi connectivity index (χ4n) is 1.10. The molecular weight excluding hydrogens is 196 g/mol. The van der Waals surface area contributed by atoms with E-state index < -0.39 is 0 Å². The topological polar surface area (TPSA) is 42.0 Å². The van der Waals surface area contributed by atoms with Crippen molar-refractivity contribution in [3.05, 3.63) is 16.6 Å². The molecule has 0 bridgehead atoms. The number of hydrogen-bond donors (Lipinski definition) is 1. The predicted molar refractivity (Wildman–Crippen MR) is 58.4 cm³/mol. The lowest BCUT2D eigenvalue weighted by molar-refractivity contribution is -0.121. The van der Waals surface area contributed by atoms with E-state index in [4.69, 9.17) is 0 Å². The number of hydrogen-bond acceptors (Lipinski definition) is 3. The van der Waals surface area contributed by atoms with Gasteiger partial charge < -0.3 is 5.32 Å². The summed E-state index contributed by atoms with van der Waals surface area (Å²) in [5.41, 5.74) is 2.81. The van der Waals surface area contributed by atoms with Crippen LogP contribution in [0.4, 0.5) is 0 Å². The van der Waals surface area contributed by atoms with Crippen LogP contribution >= 0.6 is 11.3 Å². The van der Waals surface area contributed by atoms with Crippen LogP contribution in [0.1, 0.15) is 31.9 Å². The Hall–Kier alpha value is -0.900. The minimum absolute atomic E-state index is 0.131. The van der Waals surface area contributed by atoms with Crippen LogP contribution in [0.5, 0.6) is 0 Å². The van der Waals surface area contributed by atoms with Gasteiger partial charge in [0.2, 0.25) is 5.91 Å². The first-order valence-electron chi connectivity index (χ1n) is 4.96. The van der Waals surface area contributed by atoms with Gasteiger partial charge in [-0.1, -0.05) is 13.3 Å². The highest BCUT2D eigenvalue weighted by Crippen LogP contribution is 2.03. The molecule has 0 saturated heterocycles. The van der Waals surface area contributed by atoms with Gasteiger partial charge in [0.15, 0.2) is 0 Å². The van der Waals surface area contributed by atoms with Crippen molar-refractivity contribution in [2.75, 3.05) is 6.54 Å². The van der Waals surface area contributed by atoms with Crippen LogP contribution in [-0.2, 0) is 11.2 Å². The maximum atomic E-state index is 11.3. The number of carbonyl (C=O) groups is 1. The summed E-state index contributed by atoms with van der Waals surface area (Å²) in [4.78, 5) is 15.4. The van der Waals surface area contributed by atoms with Gasteiger partial charge in [-0.3, -0.25) is 4.79 Å². The molecule has 0 atom stereocenters. The van der Waals surface area contributed by atoms with Gasteiger partial charge >= 0.3 is 0 Å². The SMILES string of the molecule is CCCCNC(=O)CCc1cscn1. The van der Waals surface area contributed by atoms with E-state index in [1.807, 2.05) is 5.38 Å². The van der Waals surface area contributed by atoms with Crippen molar-refractivity contribution in [2.45, 2.75) is 32.6 Å². The van der Waals surface area contributed by atoms with E-state index in [9.17, 15) is 4.79 Å². The average Bonchev–Trinajstić information content (AvgIpc) is 2.68. The van der Waals surface area contributed by atoms with Crippen molar-refractivity contribution >= 4 is 17.2 Å². The van der Waals surface area contributed by atoms with Crippen molar-refractivity contribution in [2.24, 2.45) is 0 Å². The largest absolute Gasteiger partial charge is 0.356 e. The third kappa shape index (κ3) is 4.37. The zero-order valence-electron chi connectivity index (χ0n) is 8.45. The van der Waals surface area contributed by atoms with E-state index in [0.717, 1.165) is 31.5 Å². The van der Waals surface area contributed by atoms with Crippen LogP contribution in [-0.4, -0.2) is 17.4 Å². The van der Waals surface area contributed by atoms with Crippen LogP contribution in [0.3, 0.4) is 0 Å². The third-order valence-corrected chi connectivity index (χ3v) is 2.58. The van der Waals surface area contributed by atoms with E-state index in [1.54, 1.807) is 16.8 Å². The van der Waals surface area contributed by atoms with E-state index in [-0.39, 0.29) is 5.91 Å². The van der Waals surface area contributed by atoms with Crippen LogP contribution in [0.15, 0.2) is 10.9 Å². The molecule has 1 rings (SSSR count). The molecule has 1 N–H and O–H groups in total. The summed E-state index contributed by atoms with van der Waals surface area (Å²) in [6.45, 7) is 2.91. The van der Waals surface area contributed by atoms with Gasteiger partial charge in [-0.15, -0.1) is 11.3 Å². The predicted octanol–water partition coefficient (Wildman–Crippen LogP) is 1.99. The Morgan fingerprint density at radius 3 is 3.14 bits per heavy atom. The first-order chi connectivity index (χ1) is 6.83. The zero-order chi connectivity index (χ0) is 10.2. The van der Waals surface area contributed by atoms with E-state index in [0.29, 0.717) is 6.42 Å². The Morgan fingerprint density at radius 1 is 1.64 bits per heavy atom. The van der Waals surface area contributed by atoms with E-state index >= 15 is 0 Å². The smallest absolute Gasteiger partial charge is 0.220 e. The summed E-state index contributed by atoms with van der Waals surface area (Å²) in [6, 6.07) is 0. The molecule has 1 amide bonds. The number of amides is 1. The molecule has 3 nitrogen and oxygen atoms in total. The number of unbranched alkanes of at least 4 members (excludes halogenated alkanes) is 1. The monoisotopic (exact) mass is 212 g/mol. The first-order valence-corrected chi connectivity index (χ1v) is 5.91. The molecule has 0 saturated carbocycles. The first kappa shape index (κ1) is 11.2. The lowest BCUT2D eigenvalue weighted by Gasteiger charge is -2.02. The Balaban J connectivity index is 2.09. The second-order valence-electron chi connectivity index (χ2n) is 3.18. The van der Waals surface area contributed by atoms with Crippen molar-refractivity contribution in [1.82, 2.24) is 10.3 Å². The maximum Gasteiger partial charge on any atom is 0.220 e. The minimum atomic E-state index is 0.131. The number of nitrogens with one attached hydrogen (secondary N) is 1. The molecule has 4 heteroatoms. The molecule has 0 aliphatic rings. The van der Waals surface area contributed by atoms with Crippen LogP contribution < -0.4 is 5.32 Å². The van der Waals surface area contributed by atoms with Gasteiger partial charge in [0.25, 0.3) is 0 Å². The average molecular weight is 212 g/mol. The molecule has 1 aromatic rings. The Bertz CT molecular complexity index is 259. The molecule has 78 valence electrons. The van der Waals surface area contributed by atoms with Gasteiger partial charge in [0, 0.05) is 18.3 Å². The van der Waals surface area contributed by atoms with E-state index in [2.05, 4.69) is 17.2 Å². The second kappa shape index (κ2) is 6.54. The third-order valence-electron chi connectivity index (χ3n) is 1.94. The summed E-state index contributed by atoms with van der Waals surface area (Å²) in [7, 11) is 0. The number of carbonyl (C=O) groups excluding carboxylic acids is 1. The summed E-state index contributed by atoms with van der Waals surface area (Å²) in [6.07, 6.45) is 3.48. The number of thiazole rings is 1. The van der Waals surface area contributed by atoms with Gasteiger partial charge in [-0.2, -0.15) is 0 Å². The van der Waals surface area contributed by atoms with Crippen molar-refractivity contribution in [1.29, 1.82) is 0 Å². The molecule has 0 unspecified atom stereocenters. The highest BCUT2D eigenvalue weighted by molar-refractivity contribution is 7.07. The summed E-state index contributed by atoms with van der Waals surface area (Å²) in [5, 5.41) is 4.87. The van der Waals surface area contributed by atoms with Gasteiger partial charge in [-0.05, 0) is 12.8 Å². The highest BCUT2D eigenvalue weighted by atomic mass is 32.1. The normalized spacial score (nSPS) is 10.1.